The molecule has 0 spiro atoms. The highest BCUT2D eigenvalue weighted by molar-refractivity contribution is 5.93. The number of carboxylic acid groups (broad SMARTS) is 1. The van der Waals surface area contributed by atoms with E-state index < -0.39 is 29.7 Å². The number of para-hydroxylation sites is 1. The quantitative estimate of drug-likeness (QED) is 0.805. The molecule has 0 radical (unpaired) electrons. The first kappa shape index (κ1) is 19.0. The molecule has 128 valence electrons. The molecule has 0 fully saturated rings. The minimum atomic E-state index is -4.58. The van der Waals surface area contributed by atoms with Gasteiger partial charge >= 0.3 is 12.1 Å². The van der Waals surface area contributed by atoms with E-state index in [1.807, 2.05) is 0 Å². The van der Waals surface area contributed by atoms with Crippen molar-refractivity contribution in [2.75, 3.05) is 18.4 Å². The lowest BCUT2D eigenvalue weighted by Gasteiger charge is -2.26. The lowest BCUT2D eigenvalue weighted by Crippen LogP contribution is -2.44. The number of amides is 1. The number of alkyl halides is 3. The first-order chi connectivity index (χ1) is 10.7. The summed E-state index contributed by atoms with van der Waals surface area (Å²) in [5, 5.41) is 11.3. The molecule has 0 aliphatic rings. The lowest BCUT2D eigenvalue weighted by atomic mass is 10.1. The van der Waals surface area contributed by atoms with Crippen LogP contribution in [0.2, 0.25) is 0 Å². The van der Waals surface area contributed by atoms with Crippen molar-refractivity contribution in [3.05, 3.63) is 29.8 Å². The third kappa shape index (κ3) is 5.24. The van der Waals surface area contributed by atoms with Crippen molar-refractivity contribution in [1.29, 1.82) is 0 Å². The van der Waals surface area contributed by atoms with Crippen LogP contribution >= 0.6 is 0 Å². The van der Waals surface area contributed by atoms with Gasteiger partial charge in [0.05, 0.1) is 17.8 Å². The number of hydrogen-bond acceptors (Lipinski definition) is 3. The van der Waals surface area contributed by atoms with Crippen molar-refractivity contribution in [2.24, 2.45) is 0 Å². The zero-order valence-corrected chi connectivity index (χ0v) is 12.9. The van der Waals surface area contributed by atoms with Gasteiger partial charge in [-0.25, -0.2) is 0 Å². The van der Waals surface area contributed by atoms with Gasteiger partial charge in [0.25, 0.3) is 0 Å². The summed E-state index contributed by atoms with van der Waals surface area (Å²) >= 11 is 0. The van der Waals surface area contributed by atoms with Gasteiger partial charge in [0.15, 0.2) is 0 Å². The summed E-state index contributed by atoms with van der Waals surface area (Å²) in [4.78, 5) is 24.5. The van der Waals surface area contributed by atoms with Crippen LogP contribution in [0.1, 0.15) is 25.8 Å². The second-order valence-electron chi connectivity index (χ2n) is 4.92. The van der Waals surface area contributed by atoms with Crippen LogP contribution < -0.4 is 5.32 Å². The Hall–Kier alpha value is -2.09. The number of rotatable bonds is 7. The van der Waals surface area contributed by atoms with E-state index in [9.17, 15) is 22.8 Å². The molecule has 23 heavy (non-hydrogen) atoms. The maximum atomic E-state index is 12.9. The largest absolute Gasteiger partial charge is 0.480 e. The monoisotopic (exact) mass is 332 g/mol. The third-order valence-electron chi connectivity index (χ3n) is 3.37. The molecular weight excluding hydrogens is 313 g/mol. The van der Waals surface area contributed by atoms with Gasteiger partial charge < -0.3 is 10.4 Å². The summed E-state index contributed by atoms with van der Waals surface area (Å²) in [5.41, 5.74) is -1.29. The van der Waals surface area contributed by atoms with E-state index in [1.54, 1.807) is 13.8 Å². The average molecular weight is 332 g/mol. The van der Waals surface area contributed by atoms with Gasteiger partial charge in [-0.15, -0.1) is 0 Å². The molecule has 0 aromatic heterocycles. The number of hydrogen-bond donors (Lipinski definition) is 2. The number of carbonyl (C=O) groups excluding carboxylic acids is 1. The number of carboxylic acids is 1. The maximum absolute atomic E-state index is 12.9. The Morgan fingerprint density at radius 2 is 1.87 bits per heavy atom. The molecule has 2 N–H and O–H groups in total. The molecule has 0 aliphatic heterocycles. The van der Waals surface area contributed by atoms with Crippen molar-refractivity contribution in [3.8, 4) is 0 Å². The van der Waals surface area contributed by atoms with Crippen molar-refractivity contribution in [2.45, 2.75) is 32.5 Å². The fourth-order valence-electron chi connectivity index (χ4n) is 2.24. The predicted molar refractivity (Wildman–Crippen MR) is 79.0 cm³/mol. The van der Waals surface area contributed by atoms with Gasteiger partial charge in [-0.2, -0.15) is 13.2 Å². The SMILES string of the molecule is CCC(C(=O)O)N(CC)CC(=O)Nc1ccccc1C(F)(F)F. The van der Waals surface area contributed by atoms with Crippen molar-refractivity contribution >= 4 is 17.6 Å². The standard InChI is InChI=1S/C15H19F3N2O3/c1-3-12(14(22)23)20(4-2)9-13(21)19-11-8-6-5-7-10(11)15(16,17)18/h5-8,12H,3-4,9H2,1-2H3,(H,19,21)(H,22,23). The predicted octanol–water partition coefficient (Wildman–Crippen LogP) is 2.83. The lowest BCUT2D eigenvalue weighted by molar-refractivity contribution is -0.143. The van der Waals surface area contributed by atoms with Crippen LogP contribution in [0.5, 0.6) is 0 Å². The summed E-state index contributed by atoms with van der Waals surface area (Å²) in [6.07, 6.45) is -4.29. The number of likely N-dealkylation sites (N-methyl/N-ethyl adjacent to an activating group) is 1. The summed E-state index contributed by atoms with van der Waals surface area (Å²) in [6, 6.07) is 3.79. The van der Waals surface area contributed by atoms with Gasteiger partial charge in [0.1, 0.15) is 6.04 Å². The van der Waals surface area contributed by atoms with Crippen molar-refractivity contribution in [1.82, 2.24) is 4.90 Å². The minimum absolute atomic E-state index is 0.287. The molecule has 1 atom stereocenters. The fraction of sp³-hybridized carbons (Fsp3) is 0.467. The highest BCUT2D eigenvalue weighted by atomic mass is 19.4. The van der Waals surface area contributed by atoms with Crippen LogP contribution in [0.25, 0.3) is 0 Å². The molecule has 5 nitrogen and oxygen atoms in total. The summed E-state index contributed by atoms with van der Waals surface area (Å²) in [7, 11) is 0. The van der Waals surface area contributed by atoms with Crippen LogP contribution in [0, 0.1) is 0 Å². The second-order valence-corrected chi connectivity index (χ2v) is 4.92. The first-order valence-electron chi connectivity index (χ1n) is 7.13. The third-order valence-corrected chi connectivity index (χ3v) is 3.37. The number of nitrogens with one attached hydrogen (secondary N) is 1. The van der Waals surface area contributed by atoms with Crippen molar-refractivity contribution < 1.29 is 27.9 Å². The average Bonchev–Trinajstić information content (AvgIpc) is 2.45. The Labute approximate surface area is 132 Å². The molecule has 0 heterocycles. The van der Waals surface area contributed by atoms with E-state index >= 15 is 0 Å². The molecule has 1 aromatic carbocycles. The summed E-state index contributed by atoms with van der Waals surface area (Å²) in [6.45, 7) is 3.34. The molecule has 0 saturated heterocycles. The van der Waals surface area contributed by atoms with Gasteiger partial charge in [0, 0.05) is 0 Å². The topological polar surface area (TPSA) is 69.6 Å². The molecule has 8 heteroatoms. The highest BCUT2D eigenvalue weighted by Crippen LogP contribution is 2.34. The van der Waals surface area contributed by atoms with Crippen molar-refractivity contribution in [3.63, 3.8) is 0 Å². The molecule has 1 rings (SSSR count). The van der Waals surface area contributed by atoms with E-state index in [-0.39, 0.29) is 18.7 Å². The molecule has 0 saturated carbocycles. The van der Waals surface area contributed by atoms with Gasteiger partial charge in [-0.3, -0.25) is 14.5 Å². The van der Waals surface area contributed by atoms with E-state index in [4.69, 9.17) is 5.11 Å². The number of nitrogens with zero attached hydrogens (tertiary/aromatic N) is 1. The molecule has 1 amide bonds. The Bertz CT molecular complexity index is 561. The number of halogens is 3. The number of benzene rings is 1. The Morgan fingerprint density at radius 3 is 2.35 bits per heavy atom. The molecule has 0 aliphatic carbocycles. The van der Waals surface area contributed by atoms with Crippen LogP contribution in [-0.4, -0.2) is 41.0 Å². The van der Waals surface area contributed by atoms with E-state index in [0.717, 1.165) is 12.1 Å². The summed E-state index contributed by atoms with van der Waals surface area (Å²) in [5.74, 6) is -1.76. The van der Waals surface area contributed by atoms with E-state index in [2.05, 4.69) is 5.32 Å². The number of aliphatic carboxylic acids is 1. The number of carbonyl (C=O) groups is 2. The van der Waals surface area contributed by atoms with Gasteiger partial charge in [0.2, 0.25) is 5.91 Å². The Kier molecular flexibility index (Phi) is 6.56. The normalized spacial score (nSPS) is 13.0. The molecular formula is C15H19F3N2O3. The van der Waals surface area contributed by atoms with Gasteiger partial charge in [-0.05, 0) is 25.1 Å². The van der Waals surface area contributed by atoms with Crippen LogP contribution in [0.15, 0.2) is 24.3 Å². The smallest absolute Gasteiger partial charge is 0.418 e. The Morgan fingerprint density at radius 1 is 1.26 bits per heavy atom. The van der Waals surface area contributed by atoms with Crippen LogP contribution in [0.4, 0.5) is 18.9 Å². The fourth-order valence-corrected chi connectivity index (χ4v) is 2.24. The molecule has 1 aromatic rings. The Balaban J connectivity index is 2.86. The second kappa shape index (κ2) is 7.96. The first-order valence-corrected chi connectivity index (χ1v) is 7.13. The summed E-state index contributed by atoms with van der Waals surface area (Å²) < 4.78 is 38.6. The molecule has 0 bridgehead atoms. The van der Waals surface area contributed by atoms with E-state index in [0.29, 0.717) is 6.54 Å². The van der Waals surface area contributed by atoms with Gasteiger partial charge in [-0.1, -0.05) is 26.0 Å². The maximum Gasteiger partial charge on any atom is 0.418 e. The molecule has 1 unspecified atom stereocenters. The zero-order chi connectivity index (χ0) is 17.6. The van der Waals surface area contributed by atoms with Crippen LogP contribution in [0.3, 0.4) is 0 Å². The van der Waals surface area contributed by atoms with E-state index in [1.165, 1.54) is 17.0 Å². The number of anilines is 1. The zero-order valence-electron chi connectivity index (χ0n) is 12.9. The highest BCUT2D eigenvalue weighted by Gasteiger charge is 2.33. The minimum Gasteiger partial charge on any atom is -0.480 e. The van der Waals surface area contributed by atoms with Crippen LogP contribution in [-0.2, 0) is 15.8 Å².